The Bertz CT molecular complexity index is 878. The quantitative estimate of drug-likeness (QED) is 0.225. The van der Waals surface area contributed by atoms with Crippen molar-refractivity contribution in [2.75, 3.05) is 0 Å². The van der Waals surface area contributed by atoms with Crippen LogP contribution in [0.4, 0.5) is 0 Å². The summed E-state index contributed by atoms with van der Waals surface area (Å²) in [6.07, 6.45) is 15.6. The zero-order chi connectivity index (χ0) is 21.8. The van der Waals surface area contributed by atoms with Crippen LogP contribution in [0.2, 0.25) is 0 Å². The molecule has 168 valence electrons. The van der Waals surface area contributed by atoms with Gasteiger partial charge in [-0.25, -0.2) is 8.42 Å². The van der Waals surface area contributed by atoms with Gasteiger partial charge in [0.2, 0.25) is 0 Å². The third-order valence-corrected chi connectivity index (χ3v) is 6.99. The van der Waals surface area contributed by atoms with Crippen LogP contribution in [0.25, 0.3) is 10.8 Å². The van der Waals surface area contributed by atoms with Crippen LogP contribution in [0, 0.1) is 0 Å². The Balaban J connectivity index is 0.00000480. The summed E-state index contributed by atoms with van der Waals surface area (Å²) in [6, 6.07) is 9.55. The molecule has 0 saturated carbocycles. The van der Waals surface area contributed by atoms with Gasteiger partial charge in [-0.2, -0.15) is 0 Å². The molecule has 31 heavy (non-hydrogen) atoms. The number of rotatable bonds is 15. The molecule has 0 aliphatic carbocycles. The first kappa shape index (κ1) is 28.6. The maximum absolute atomic E-state index is 12.3. The van der Waals surface area contributed by atoms with Crippen LogP contribution in [0.5, 0.6) is 0 Å². The number of aryl methyl sites for hydroxylation is 1. The van der Waals surface area contributed by atoms with Crippen LogP contribution in [0.15, 0.2) is 35.2 Å². The predicted octanol–water partition coefficient (Wildman–Crippen LogP) is 4.55. The first-order valence-corrected chi connectivity index (χ1v) is 13.4. The molecular formula is C26H39NaO3S. The maximum atomic E-state index is 12.3. The maximum Gasteiger partial charge on any atom is 1.00 e. The van der Waals surface area contributed by atoms with Crippen molar-refractivity contribution < 1.29 is 42.5 Å². The van der Waals surface area contributed by atoms with Crippen molar-refractivity contribution in [1.82, 2.24) is 0 Å². The van der Waals surface area contributed by atoms with Crippen LogP contribution < -0.4 is 29.6 Å². The van der Waals surface area contributed by atoms with Crippen molar-refractivity contribution in [3.05, 3.63) is 41.5 Å². The van der Waals surface area contributed by atoms with E-state index in [1.807, 2.05) is 18.2 Å². The monoisotopic (exact) mass is 454 g/mol. The van der Waals surface area contributed by atoms with Gasteiger partial charge in [0.15, 0.2) is 0 Å². The normalized spacial score (nSPS) is 11.6. The SMILES string of the molecule is CCCCCCCCc1cc2ccccc2c(S(=O)(=O)[O-])c1CCCCCCCC.[Na+]. The van der Waals surface area contributed by atoms with Crippen molar-refractivity contribution in [3.8, 4) is 0 Å². The number of hydrogen-bond acceptors (Lipinski definition) is 3. The largest absolute Gasteiger partial charge is 1.00 e. The summed E-state index contributed by atoms with van der Waals surface area (Å²) in [6.45, 7) is 4.42. The fourth-order valence-corrected chi connectivity index (χ4v) is 5.36. The minimum Gasteiger partial charge on any atom is -0.744 e. The Hall–Kier alpha value is -0.390. The average molecular weight is 455 g/mol. The summed E-state index contributed by atoms with van der Waals surface area (Å²) >= 11 is 0. The van der Waals surface area contributed by atoms with E-state index in [4.69, 9.17) is 0 Å². The molecule has 0 heterocycles. The minimum atomic E-state index is -4.53. The zero-order valence-corrected chi connectivity index (χ0v) is 22.7. The first-order chi connectivity index (χ1) is 14.5. The Kier molecular flexibility index (Phi) is 14.3. The molecule has 0 N–H and O–H groups in total. The van der Waals surface area contributed by atoms with Gasteiger partial charge in [-0.1, -0.05) is 108 Å². The zero-order valence-electron chi connectivity index (χ0n) is 19.9. The van der Waals surface area contributed by atoms with Gasteiger partial charge in [0.05, 0.1) is 4.90 Å². The molecular weight excluding hydrogens is 415 g/mol. The molecule has 2 aromatic carbocycles. The number of fused-ring (bicyclic) bond motifs is 1. The van der Waals surface area contributed by atoms with Gasteiger partial charge in [0, 0.05) is 0 Å². The molecule has 0 fully saturated rings. The number of hydrogen-bond donors (Lipinski definition) is 0. The third-order valence-electron chi connectivity index (χ3n) is 6.03. The van der Waals surface area contributed by atoms with Crippen LogP contribution in [0.1, 0.15) is 102 Å². The fraction of sp³-hybridized carbons (Fsp3) is 0.615. The fourth-order valence-electron chi connectivity index (χ4n) is 4.37. The molecule has 0 amide bonds. The topological polar surface area (TPSA) is 57.2 Å². The number of benzene rings is 2. The van der Waals surface area contributed by atoms with E-state index in [-0.39, 0.29) is 34.5 Å². The molecule has 0 aliphatic heterocycles. The van der Waals surface area contributed by atoms with E-state index in [9.17, 15) is 13.0 Å². The molecule has 0 radical (unpaired) electrons. The van der Waals surface area contributed by atoms with Crippen molar-refractivity contribution in [2.45, 2.75) is 109 Å². The average Bonchev–Trinajstić information content (AvgIpc) is 2.72. The third kappa shape index (κ3) is 9.55. The second-order valence-corrected chi connectivity index (χ2v) is 9.87. The van der Waals surface area contributed by atoms with Gasteiger partial charge in [-0.05, 0) is 47.6 Å². The molecule has 2 aromatic rings. The van der Waals surface area contributed by atoms with E-state index in [2.05, 4.69) is 19.9 Å². The minimum absolute atomic E-state index is 0. The van der Waals surface area contributed by atoms with Gasteiger partial charge in [-0.3, -0.25) is 0 Å². The summed E-state index contributed by atoms with van der Waals surface area (Å²) in [5, 5.41) is 1.44. The molecule has 0 aromatic heterocycles. The second-order valence-electron chi connectivity index (χ2n) is 8.55. The number of unbranched alkanes of at least 4 members (excludes halogenated alkanes) is 10. The standard InChI is InChI=1S/C26H40O3S.Na/c1-3-5-7-9-11-13-17-22-21-23-18-15-16-20-25(23)26(30(27,28)29)24(22)19-14-12-10-8-6-4-2;/h15-16,18,20-21H,3-14,17,19H2,1-2H3,(H,27,28,29);/q;+1/p-1. The second kappa shape index (κ2) is 15.4. The van der Waals surface area contributed by atoms with Crippen molar-refractivity contribution in [1.29, 1.82) is 0 Å². The van der Waals surface area contributed by atoms with E-state index < -0.39 is 10.1 Å². The van der Waals surface area contributed by atoms with Crippen molar-refractivity contribution in [3.63, 3.8) is 0 Å². The Morgan fingerprint density at radius 2 is 1.26 bits per heavy atom. The van der Waals surface area contributed by atoms with E-state index in [1.54, 1.807) is 6.07 Å². The van der Waals surface area contributed by atoms with E-state index in [0.29, 0.717) is 11.8 Å². The molecule has 5 heteroatoms. The van der Waals surface area contributed by atoms with Crippen LogP contribution in [-0.4, -0.2) is 13.0 Å². The van der Waals surface area contributed by atoms with Crippen molar-refractivity contribution in [2.24, 2.45) is 0 Å². The summed E-state index contributed by atoms with van der Waals surface area (Å²) in [5.41, 5.74) is 1.85. The molecule has 0 aliphatic rings. The summed E-state index contributed by atoms with van der Waals surface area (Å²) in [7, 11) is -4.53. The van der Waals surface area contributed by atoms with E-state index >= 15 is 0 Å². The Labute approximate surface area is 212 Å². The summed E-state index contributed by atoms with van der Waals surface area (Å²) in [4.78, 5) is 0.0372. The molecule has 0 bridgehead atoms. The molecule has 0 spiro atoms. The van der Waals surface area contributed by atoms with Gasteiger partial charge < -0.3 is 4.55 Å². The molecule has 2 rings (SSSR count). The molecule has 0 saturated heterocycles. The van der Waals surface area contributed by atoms with Gasteiger partial charge in [0.25, 0.3) is 0 Å². The van der Waals surface area contributed by atoms with Gasteiger partial charge >= 0.3 is 29.6 Å². The first-order valence-electron chi connectivity index (χ1n) is 12.0. The van der Waals surface area contributed by atoms with Gasteiger partial charge in [0.1, 0.15) is 10.1 Å². The summed E-state index contributed by atoms with van der Waals surface area (Å²) < 4.78 is 36.9. The predicted molar refractivity (Wildman–Crippen MR) is 126 cm³/mol. The van der Waals surface area contributed by atoms with Crippen LogP contribution in [0.3, 0.4) is 0 Å². The van der Waals surface area contributed by atoms with Gasteiger partial charge in [-0.15, -0.1) is 0 Å². The summed E-state index contributed by atoms with van der Waals surface area (Å²) in [5.74, 6) is 0. The van der Waals surface area contributed by atoms with E-state index in [1.165, 1.54) is 51.4 Å². The van der Waals surface area contributed by atoms with Crippen LogP contribution in [-0.2, 0) is 23.0 Å². The Morgan fingerprint density at radius 3 is 1.84 bits per heavy atom. The molecule has 0 atom stereocenters. The van der Waals surface area contributed by atoms with E-state index in [0.717, 1.165) is 48.6 Å². The smallest absolute Gasteiger partial charge is 0.744 e. The van der Waals surface area contributed by atoms with Crippen molar-refractivity contribution >= 4 is 20.9 Å². The molecule has 0 unspecified atom stereocenters. The Morgan fingerprint density at radius 1 is 0.742 bits per heavy atom. The molecule has 3 nitrogen and oxygen atoms in total. The van der Waals surface area contributed by atoms with Crippen LogP contribution >= 0.6 is 0 Å².